The van der Waals surface area contributed by atoms with E-state index in [1.807, 2.05) is 6.92 Å². The van der Waals surface area contributed by atoms with E-state index < -0.39 is 0 Å². The zero-order valence-corrected chi connectivity index (χ0v) is 6.40. The number of rotatable bonds is 3. The van der Waals surface area contributed by atoms with Gasteiger partial charge in [-0.2, -0.15) is 0 Å². The third kappa shape index (κ3) is 2.51. The van der Waals surface area contributed by atoms with Crippen LogP contribution in [0.1, 0.15) is 6.92 Å². The van der Waals surface area contributed by atoms with E-state index in [4.69, 9.17) is 10.5 Å². The Labute approximate surface area is 65.4 Å². The average Bonchev–Trinajstić information content (AvgIpc) is 2.06. The summed E-state index contributed by atoms with van der Waals surface area (Å²) in [5, 5.41) is 0. The molecule has 0 amide bonds. The number of hydrogen-bond donors (Lipinski definition) is 1. The molecule has 0 bridgehead atoms. The Bertz CT molecular complexity index is 202. The Morgan fingerprint density at radius 1 is 1.55 bits per heavy atom. The molecule has 0 fully saturated rings. The number of hydrogen-bond acceptors (Lipinski definition) is 4. The van der Waals surface area contributed by atoms with Crippen molar-refractivity contribution in [3.63, 3.8) is 0 Å². The van der Waals surface area contributed by atoms with Crippen LogP contribution in [-0.4, -0.2) is 22.6 Å². The summed E-state index contributed by atoms with van der Waals surface area (Å²) in [4.78, 5) is 7.76. The Balaban J connectivity index is 2.51. The zero-order chi connectivity index (χ0) is 8.10. The van der Waals surface area contributed by atoms with Crippen LogP contribution in [0.3, 0.4) is 0 Å². The van der Waals surface area contributed by atoms with Crippen molar-refractivity contribution in [1.82, 2.24) is 9.97 Å². The molecule has 60 valence electrons. The van der Waals surface area contributed by atoms with Gasteiger partial charge in [0.2, 0.25) is 0 Å². The normalized spacial score (nSPS) is 12.5. The first-order chi connectivity index (χ1) is 5.33. The minimum Gasteiger partial charge on any atom is -0.459 e. The van der Waals surface area contributed by atoms with Gasteiger partial charge in [0.25, 0.3) is 0 Å². The summed E-state index contributed by atoms with van der Waals surface area (Å²) in [5.74, 6) is 0. The highest BCUT2D eigenvalue weighted by Gasteiger charge is 2.01. The minimum absolute atomic E-state index is 0.0302. The summed E-state index contributed by atoms with van der Waals surface area (Å²) >= 11 is 0. The highest BCUT2D eigenvalue weighted by atomic mass is 16.5. The fourth-order valence-corrected chi connectivity index (χ4v) is 0.574. The Hall–Kier alpha value is -1.16. The lowest BCUT2D eigenvalue weighted by atomic mass is 10.4. The first kappa shape index (κ1) is 7.94. The van der Waals surface area contributed by atoms with Crippen molar-refractivity contribution in [2.75, 3.05) is 6.54 Å². The van der Waals surface area contributed by atoms with Crippen LogP contribution in [0.5, 0.6) is 6.01 Å². The van der Waals surface area contributed by atoms with E-state index in [1.54, 1.807) is 18.5 Å². The van der Waals surface area contributed by atoms with E-state index in [9.17, 15) is 0 Å². The van der Waals surface area contributed by atoms with E-state index in [1.165, 1.54) is 0 Å². The van der Waals surface area contributed by atoms with Gasteiger partial charge in [0.15, 0.2) is 0 Å². The molecule has 4 heteroatoms. The molecule has 1 atom stereocenters. The second-order valence-electron chi connectivity index (χ2n) is 2.20. The van der Waals surface area contributed by atoms with Crippen molar-refractivity contribution in [3.8, 4) is 6.01 Å². The SMILES string of the molecule is C[C@H](CN)Oc1ncccn1. The highest BCUT2D eigenvalue weighted by Crippen LogP contribution is 1.99. The number of ether oxygens (including phenoxy) is 1. The smallest absolute Gasteiger partial charge is 0.316 e. The maximum atomic E-state index is 5.34. The van der Waals surface area contributed by atoms with E-state index in [0.717, 1.165) is 0 Å². The molecule has 0 saturated carbocycles. The molecule has 1 rings (SSSR count). The summed E-state index contributed by atoms with van der Waals surface area (Å²) in [6, 6.07) is 2.12. The minimum atomic E-state index is -0.0302. The van der Waals surface area contributed by atoms with Crippen LogP contribution in [0, 0.1) is 0 Å². The van der Waals surface area contributed by atoms with Crippen molar-refractivity contribution in [2.24, 2.45) is 5.73 Å². The lowest BCUT2D eigenvalue weighted by Gasteiger charge is -2.08. The van der Waals surface area contributed by atoms with Gasteiger partial charge in [-0.3, -0.25) is 0 Å². The molecule has 0 aliphatic rings. The molecule has 0 aliphatic heterocycles. The number of aromatic nitrogens is 2. The molecule has 1 heterocycles. The van der Waals surface area contributed by atoms with Crippen LogP contribution in [0.15, 0.2) is 18.5 Å². The predicted octanol–water partition coefficient (Wildman–Crippen LogP) is 0.203. The Kier molecular flexibility index (Phi) is 2.80. The topological polar surface area (TPSA) is 61.0 Å². The van der Waals surface area contributed by atoms with Gasteiger partial charge >= 0.3 is 6.01 Å². The molecular weight excluding hydrogens is 142 g/mol. The van der Waals surface area contributed by atoms with Crippen LogP contribution in [0.2, 0.25) is 0 Å². The standard InChI is InChI=1S/C7H11N3O/c1-6(5-8)11-7-9-3-2-4-10-7/h2-4,6H,5,8H2,1H3/t6-/m1/s1. The summed E-state index contributed by atoms with van der Waals surface area (Å²) in [5.41, 5.74) is 5.34. The van der Waals surface area contributed by atoms with E-state index in [-0.39, 0.29) is 6.10 Å². The van der Waals surface area contributed by atoms with Gasteiger partial charge in [0.1, 0.15) is 6.10 Å². The third-order valence-corrected chi connectivity index (χ3v) is 1.18. The summed E-state index contributed by atoms with van der Waals surface area (Å²) in [7, 11) is 0. The fourth-order valence-electron chi connectivity index (χ4n) is 0.574. The van der Waals surface area contributed by atoms with Gasteiger partial charge in [-0.1, -0.05) is 0 Å². The Morgan fingerprint density at radius 2 is 2.18 bits per heavy atom. The number of nitrogens with zero attached hydrogens (tertiary/aromatic N) is 2. The van der Waals surface area contributed by atoms with Gasteiger partial charge in [0.05, 0.1) is 0 Å². The molecule has 1 aromatic rings. The highest BCUT2D eigenvalue weighted by molar-refractivity contribution is 4.93. The van der Waals surface area contributed by atoms with Crippen LogP contribution >= 0.6 is 0 Å². The van der Waals surface area contributed by atoms with Crippen molar-refractivity contribution in [2.45, 2.75) is 13.0 Å². The van der Waals surface area contributed by atoms with Gasteiger partial charge in [-0.25, -0.2) is 9.97 Å². The van der Waals surface area contributed by atoms with Crippen LogP contribution < -0.4 is 10.5 Å². The molecule has 4 nitrogen and oxygen atoms in total. The monoisotopic (exact) mass is 153 g/mol. The van der Waals surface area contributed by atoms with E-state index in [0.29, 0.717) is 12.6 Å². The average molecular weight is 153 g/mol. The van der Waals surface area contributed by atoms with Crippen LogP contribution in [-0.2, 0) is 0 Å². The second-order valence-corrected chi connectivity index (χ2v) is 2.20. The lowest BCUT2D eigenvalue weighted by molar-refractivity contribution is 0.210. The largest absolute Gasteiger partial charge is 0.459 e. The summed E-state index contributed by atoms with van der Waals surface area (Å²) in [6.45, 7) is 2.34. The molecule has 1 aromatic heterocycles. The quantitative estimate of drug-likeness (QED) is 0.674. The van der Waals surface area contributed by atoms with Gasteiger partial charge < -0.3 is 10.5 Å². The summed E-state index contributed by atoms with van der Waals surface area (Å²) < 4.78 is 5.22. The van der Waals surface area contributed by atoms with Crippen LogP contribution in [0.25, 0.3) is 0 Å². The summed E-state index contributed by atoms with van der Waals surface area (Å²) in [6.07, 6.45) is 3.23. The maximum Gasteiger partial charge on any atom is 0.316 e. The molecule has 0 unspecified atom stereocenters. The van der Waals surface area contributed by atoms with Crippen molar-refractivity contribution in [1.29, 1.82) is 0 Å². The first-order valence-electron chi connectivity index (χ1n) is 3.46. The van der Waals surface area contributed by atoms with E-state index in [2.05, 4.69) is 9.97 Å². The molecule has 0 saturated heterocycles. The molecule has 11 heavy (non-hydrogen) atoms. The first-order valence-corrected chi connectivity index (χ1v) is 3.46. The van der Waals surface area contributed by atoms with Crippen LogP contribution in [0.4, 0.5) is 0 Å². The third-order valence-electron chi connectivity index (χ3n) is 1.18. The molecule has 0 radical (unpaired) electrons. The predicted molar refractivity (Wildman–Crippen MR) is 41.2 cm³/mol. The Morgan fingerprint density at radius 3 is 2.73 bits per heavy atom. The van der Waals surface area contributed by atoms with Crippen molar-refractivity contribution >= 4 is 0 Å². The van der Waals surface area contributed by atoms with Gasteiger partial charge in [-0.15, -0.1) is 0 Å². The van der Waals surface area contributed by atoms with Gasteiger partial charge in [-0.05, 0) is 13.0 Å². The van der Waals surface area contributed by atoms with Gasteiger partial charge in [0, 0.05) is 18.9 Å². The number of nitrogens with two attached hydrogens (primary N) is 1. The fraction of sp³-hybridized carbons (Fsp3) is 0.429. The van der Waals surface area contributed by atoms with Crippen molar-refractivity contribution in [3.05, 3.63) is 18.5 Å². The maximum absolute atomic E-state index is 5.34. The zero-order valence-electron chi connectivity index (χ0n) is 6.40. The molecule has 0 aliphatic carbocycles. The molecule has 0 aromatic carbocycles. The molecule has 0 spiro atoms. The second kappa shape index (κ2) is 3.88. The molecule has 2 N–H and O–H groups in total. The van der Waals surface area contributed by atoms with E-state index >= 15 is 0 Å². The van der Waals surface area contributed by atoms with Crippen molar-refractivity contribution < 1.29 is 4.74 Å². The lowest BCUT2D eigenvalue weighted by Crippen LogP contribution is -2.23. The molecular formula is C7H11N3O.